The Kier molecular flexibility index (Phi) is 8.21. The predicted octanol–water partition coefficient (Wildman–Crippen LogP) is 2.69. The minimum absolute atomic E-state index is 0.299. The van der Waals surface area contributed by atoms with Crippen LogP contribution in [0.3, 0.4) is 0 Å². The van der Waals surface area contributed by atoms with Crippen LogP contribution in [0.1, 0.15) is 45.4 Å². The summed E-state index contributed by atoms with van der Waals surface area (Å²) in [5.41, 5.74) is 0. The zero-order valence-electron chi connectivity index (χ0n) is 9.69. The summed E-state index contributed by atoms with van der Waals surface area (Å²) in [7, 11) is 0. The SMILES string of the molecule is CCCCCCC(CC=CC(=O)O)C(=O)O. The molecule has 2 N–H and O–H groups in total. The molecule has 0 aromatic heterocycles. The van der Waals surface area contributed by atoms with Crippen LogP contribution in [0.25, 0.3) is 0 Å². The fourth-order valence-corrected chi connectivity index (χ4v) is 1.49. The average molecular weight is 228 g/mol. The van der Waals surface area contributed by atoms with Crippen LogP contribution < -0.4 is 0 Å². The highest BCUT2D eigenvalue weighted by atomic mass is 16.4. The molecule has 0 aliphatic carbocycles. The number of rotatable bonds is 9. The lowest BCUT2D eigenvalue weighted by molar-refractivity contribution is -0.142. The molecule has 0 radical (unpaired) electrons. The van der Waals surface area contributed by atoms with Crippen molar-refractivity contribution in [1.29, 1.82) is 0 Å². The number of hydrogen-bond donors (Lipinski definition) is 2. The van der Waals surface area contributed by atoms with Crippen molar-refractivity contribution in [3.8, 4) is 0 Å². The summed E-state index contributed by atoms with van der Waals surface area (Å²) < 4.78 is 0. The highest BCUT2D eigenvalue weighted by Gasteiger charge is 2.14. The largest absolute Gasteiger partial charge is 0.481 e. The summed E-state index contributed by atoms with van der Waals surface area (Å²) in [6, 6.07) is 0. The molecular weight excluding hydrogens is 208 g/mol. The molecule has 1 unspecified atom stereocenters. The summed E-state index contributed by atoms with van der Waals surface area (Å²) in [6.45, 7) is 2.10. The number of aliphatic carboxylic acids is 2. The molecule has 0 amide bonds. The van der Waals surface area contributed by atoms with Crippen molar-refractivity contribution in [1.82, 2.24) is 0 Å². The Balaban J connectivity index is 3.89. The van der Waals surface area contributed by atoms with Crippen molar-refractivity contribution in [3.63, 3.8) is 0 Å². The second-order valence-corrected chi connectivity index (χ2v) is 3.86. The highest BCUT2D eigenvalue weighted by molar-refractivity contribution is 5.79. The van der Waals surface area contributed by atoms with Gasteiger partial charge < -0.3 is 10.2 Å². The second kappa shape index (κ2) is 8.95. The number of carboxylic acids is 2. The second-order valence-electron chi connectivity index (χ2n) is 3.86. The zero-order valence-corrected chi connectivity index (χ0v) is 9.69. The molecule has 0 spiro atoms. The van der Waals surface area contributed by atoms with Gasteiger partial charge in [0.2, 0.25) is 0 Å². The summed E-state index contributed by atoms with van der Waals surface area (Å²) in [5, 5.41) is 17.3. The van der Waals surface area contributed by atoms with Crippen LogP contribution in [-0.2, 0) is 9.59 Å². The van der Waals surface area contributed by atoms with Gasteiger partial charge in [0.15, 0.2) is 0 Å². The number of allylic oxidation sites excluding steroid dienone is 1. The van der Waals surface area contributed by atoms with Crippen molar-refractivity contribution in [2.75, 3.05) is 0 Å². The lowest BCUT2D eigenvalue weighted by atomic mass is 9.97. The molecule has 0 aliphatic rings. The minimum Gasteiger partial charge on any atom is -0.481 e. The molecule has 0 aromatic rings. The van der Waals surface area contributed by atoms with Crippen LogP contribution in [0.5, 0.6) is 0 Å². The van der Waals surface area contributed by atoms with Gasteiger partial charge in [0, 0.05) is 6.08 Å². The summed E-state index contributed by atoms with van der Waals surface area (Å²) >= 11 is 0. The van der Waals surface area contributed by atoms with E-state index in [1.54, 1.807) is 0 Å². The van der Waals surface area contributed by atoms with Gasteiger partial charge in [0.25, 0.3) is 0 Å². The van der Waals surface area contributed by atoms with E-state index in [0.29, 0.717) is 12.8 Å². The van der Waals surface area contributed by atoms with Crippen molar-refractivity contribution in [3.05, 3.63) is 12.2 Å². The van der Waals surface area contributed by atoms with Crippen LogP contribution in [0, 0.1) is 5.92 Å². The lowest BCUT2D eigenvalue weighted by Crippen LogP contribution is -2.12. The van der Waals surface area contributed by atoms with Gasteiger partial charge in [-0.3, -0.25) is 4.79 Å². The number of hydrogen-bond acceptors (Lipinski definition) is 2. The fourth-order valence-electron chi connectivity index (χ4n) is 1.49. The Bertz CT molecular complexity index is 245. The van der Waals surface area contributed by atoms with Crippen molar-refractivity contribution in [2.45, 2.75) is 45.4 Å². The normalized spacial score (nSPS) is 12.8. The van der Waals surface area contributed by atoms with E-state index in [9.17, 15) is 9.59 Å². The Morgan fingerprint density at radius 2 is 1.88 bits per heavy atom. The maximum atomic E-state index is 10.9. The molecule has 0 saturated carbocycles. The molecule has 0 saturated heterocycles. The number of carboxylic acid groups (broad SMARTS) is 2. The molecule has 0 aromatic carbocycles. The third-order valence-corrected chi connectivity index (χ3v) is 2.44. The standard InChI is InChI=1S/C12H20O4/c1-2-3-4-5-7-10(12(15)16)8-6-9-11(13)14/h6,9-10H,2-5,7-8H2,1H3,(H,13,14)(H,15,16). The van der Waals surface area contributed by atoms with Gasteiger partial charge in [-0.1, -0.05) is 38.7 Å². The van der Waals surface area contributed by atoms with Gasteiger partial charge >= 0.3 is 11.9 Å². The average Bonchev–Trinajstić information content (AvgIpc) is 2.20. The van der Waals surface area contributed by atoms with E-state index in [-0.39, 0.29) is 0 Å². The monoisotopic (exact) mass is 228 g/mol. The third kappa shape index (κ3) is 8.03. The Morgan fingerprint density at radius 3 is 2.38 bits per heavy atom. The third-order valence-electron chi connectivity index (χ3n) is 2.44. The van der Waals surface area contributed by atoms with E-state index < -0.39 is 17.9 Å². The molecule has 4 heteroatoms. The van der Waals surface area contributed by atoms with Crippen molar-refractivity contribution in [2.24, 2.45) is 5.92 Å². The summed E-state index contributed by atoms with van der Waals surface area (Å²) in [5.74, 6) is -2.32. The highest BCUT2D eigenvalue weighted by Crippen LogP contribution is 2.15. The molecule has 4 nitrogen and oxygen atoms in total. The first-order chi connectivity index (χ1) is 7.57. The minimum atomic E-state index is -1.03. The quantitative estimate of drug-likeness (QED) is 0.470. The summed E-state index contributed by atoms with van der Waals surface area (Å²) in [6.07, 6.45) is 7.53. The van der Waals surface area contributed by atoms with E-state index in [1.165, 1.54) is 6.08 Å². The van der Waals surface area contributed by atoms with E-state index in [1.807, 2.05) is 0 Å². The van der Waals surface area contributed by atoms with Crippen LogP contribution in [-0.4, -0.2) is 22.2 Å². The summed E-state index contributed by atoms with van der Waals surface area (Å²) in [4.78, 5) is 21.1. The lowest BCUT2D eigenvalue weighted by Gasteiger charge is -2.08. The Morgan fingerprint density at radius 1 is 1.19 bits per heavy atom. The zero-order chi connectivity index (χ0) is 12.4. The fraction of sp³-hybridized carbons (Fsp3) is 0.667. The molecule has 0 fully saturated rings. The Labute approximate surface area is 96.0 Å². The van der Waals surface area contributed by atoms with Crippen LogP contribution in [0.2, 0.25) is 0 Å². The van der Waals surface area contributed by atoms with Gasteiger partial charge in [0.05, 0.1) is 5.92 Å². The first kappa shape index (κ1) is 14.7. The van der Waals surface area contributed by atoms with Crippen LogP contribution in [0.4, 0.5) is 0 Å². The number of unbranched alkanes of at least 4 members (excludes halogenated alkanes) is 3. The maximum Gasteiger partial charge on any atom is 0.327 e. The van der Waals surface area contributed by atoms with E-state index in [4.69, 9.17) is 10.2 Å². The molecule has 0 bridgehead atoms. The van der Waals surface area contributed by atoms with Gasteiger partial charge in [-0.05, 0) is 12.8 Å². The topological polar surface area (TPSA) is 74.6 Å². The maximum absolute atomic E-state index is 10.9. The van der Waals surface area contributed by atoms with Crippen molar-refractivity contribution < 1.29 is 19.8 Å². The molecular formula is C12H20O4. The van der Waals surface area contributed by atoms with Gasteiger partial charge in [-0.2, -0.15) is 0 Å². The van der Waals surface area contributed by atoms with Gasteiger partial charge in [-0.15, -0.1) is 0 Å². The predicted molar refractivity (Wildman–Crippen MR) is 61.3 cm³/mol. The van der Waals surface area contributed by atoms with Crippen LogP contribution in [0.15, 0.2) is 12.2 Å². The molecule has 92 valence electrons. The molecule has 16 heavy (non-hydrogen) atoms. The molecule has 1 atom stereocenters. The van der Waals surface area contributed by atoms with Crippen LogP contribution >= 0.6 is 0 Å². The Hall–Kier alpha value is -1.32. The number of carbonyl (C=O) groups is 2. The molecule has 0 heterocycles. The smallest absolute Gasteiger partial charge is 0.327 e. The van der Waals surface area contributed by atoms with E-state index in [2.05, 4.69) is 6.92 Å². The molecule has 0 rings (SSSR count). The van der Waals surface area contributed by atoms with Gasteiger partial charge in [0.1, 0.15) is 0 Å². The van der Waals surface area contributed by atoms with Gasteiger partial charge in [-0.25, -0.2) is 4.79 Å². The van der Waals surface area contributed by atoms with E-state index >= 15 is 0 Å². The van der Waals surface area contributed by atoms with Crippen molar-refractivity contribution >= 4 is 11.9 Å². The first-order valence-corrected chi connectivity index (χ1v) is 5.70. The van der Waals surface area contributed by atoms with E-state index in [0.717, 1.165) is 31.8 Å². The molecule has 0 aliphatic heterocycles. The first-order valence-electron chi connectivity index (χ1n) is 5.70.